The fraction of sp³-hybridized carbons (Fsp3) is 0.533. The smallest absolute Gasteiger partial charge is 0.109 e. The van der Waals surface area contributed by atoms with Crippen LogP contribution in [0.5, 0.6) is 0 Å². The number of nitrogens with two attached hydrogens (primary N) is 1. The second-order valence-electron chi connectivity index (χ2n) is 4.89. The molecule has 0 aliphatic carbocycles. The summed E-state index contributed by atoms with van der Waals surface area (Å²) in [6, 6.07) is 6.28. The van der Waals surface area contributed by atoms with Crippen molar-refractivity contribution in [2.24, 2.45) is 5.73 Å². The lowest BCUT2D eigenvalue weighted by atomic mass is 10.2. The standard InChI is InChI=1S/C15H23N3O/c1-2-8-18-14-7-6-12(11-16)10-13(14)17-15(18)5-3-4-9-19/h6-7,10,19H,2-5,8-9,11,16H2,1H3. The molecule has 104 valence electrons. The Labute approximate surface area is 114 Å². The van der Waals surface area contributed by atoms with Crippen LogP contribution in [0, 0.1) is 0 Å². The number of hydrogen-bond acceptors (Lipinski definition) is 3. The Morgan fingerprint density at radius 1 is 1.32 bits per heavy atom. The molecule has 0 fully saturated rings. The molecule has 4 nitrogen and oxygen atoms in total. The van der Waals surface area contributed by atoms with Crippen molar-refractivity contribution in [2.75, 3.05) is 6.61 Å². The quantitative estimate of drug-likeness (QED) is 0.751. The van der Waals surface area contributed by atoms with Gasteiger partial charge in [-0.1, -0.05) is 13.0 Å². The van der Waals surface area contributed by atoms with E-state index in [2.05, 4.69) is 29.7 Å². The maximum Gasteiger partial charge on any atom is 0.109 e. The summed E-state index contributed by atoms with van der Waals surface area (Å²) in [5.41, 5.74) is 9.03. The molecule has 0 amide bonds. The summed E-state index contributed by atoms with van der Waals surface area (Å²) in [6.07, 6.45) is 3.83. The number of aliphatic hydroxyl groups is 1. The fourth-order valence-electron chi connectivity index (χ4n) is 2.41. The number of imidazole rings is 1. The van der Waals surface area contributed by atoms with Crippen LogP contribution in [0.4, 0.5) is 0 Å². The molecule has 0 aliphatic rings. The molecule has 0 spiro atoms. The Hall–Kier alpha value is -1.39. The molecule has 0 bridgehead atoms. The van der Waals surface area contributed by atoms with E-state index >= 15 is 0 Å². The van der Waals surface area contributed by atoms with Gasteiger partial charge in [0.1, 0.15) is 5.82 Å². The topological polar surface area (TPSA) is 64.1 Å². The van der Waals surface area contributed by atoms with E-state index in [1.165, 1.54) is 5.52 Å². The van der Waals surface area contributed by atoms with Gasteiger partial charge in [0, 0.05) is 26.1 Å². The number of benzene rings is 1. The average molecular weight is 261 g/mol. The minimum absolute atomic E-state index is 0.255. The molecule has 0 unspecified atom stereocenters. The lowest BCUT2D eigenvalue weighted by molar-refractivity contribution is 0.284. The zero-order chi connectivity index (χ0) is 13.7. The number of fused-ring (bicyclic) bond motifs is 1. The molecular formula is C15H23N3O. The second kappa shape index (κ2) is 6.68. The lowest BCUT2D eigenvalue weighted by Crippen LogP contribution is -2.04. The maximum atomic E-state index is 8.88. The number of aromatic nitrogens is 2. The zero-order valence-corrected chi connectivity index (χ0v) is 11.6. The number of unbranched alkanes of at least 4 members (excludes halogenated alkanes) is 1. The molecule has 4 heteroatoms. The number of rotatable bonds is 7. The summed E-state index contributed by atoms with van der Waals surface area (Å²) >= 11 is 0. The van der Waals surface area contributed by atoms with E-state index in [4.69, 9.17) is 15.8 Å². The molecular weight excluding hydrogens is 238 g/mol. The third-order valence-corrected chi connectivity index (χ3v) is 3.38. The Bertz CT molecular complexity index is 533. The van der Waals surface area contributed by atoms with Gasteiger partial charge in [-0.2, -0.15) is 0 Å². The normalized spacial score (nSPS) is 11.3. The first-order valence-corrected chi connectivity index (χ1v) is 7.09. The molecule has 1 heterocycles. The van der Waals surface area contributed by atoms with Crippen molar-refractivity contribution in [3.8, 4) is 0 Å². The zero-order valence-electron chi connectivity index (χ0n) is 11.6. The van der Waals surface area contributed by atoms with E-state index in [1.54, 1.807) is 0 Å². The predicted molar refractivity (Wildman–Crippen MR) is 77.9 cm³/mol. The summed E-state index contributed by atoms with van der Waals surface area (Å²) < 4.78 is 2.30. The van der Waals surface area contributed by atoms with E-state index in [1.807, 2.05) is 0 Å². The highest BCUT2D eigenvalue weighted by Gasteiger charge is 2.10. The van der Waals surface area contributed by atoms with Crippen molar-refractivity contribution in [1.29, 1.82) is 0 Å². The predicted octanol–water partition coefficient (Wildman–Crippen LogP) is 2.22. The first-order valence-electron chi connectivity index (χ1n) is 7.09. The first-order chi connectivity index (χ1) is 9.30. The van der Waals surface area contributed by atoms with Crippen molar-refractivity contribution in [3.63, 3.8) is 0 Å². The Balaban J connectivity index is 2.34. The van der Waals surface area contributed by atoms with Crippen molar-refractivity contribution >= 4 is 11.0 Å². The summed E-state index contributed by atoms with van der Waals surface area (Å²) in [5, 5.41) is 8.88. The average Bonchev–Trinajstić information content (AvgIpc) is 2.77. The van der Waals surface area contributed by atoms with Crippen molar-refractivity contribution < 1.29 is 5.11 Å². The molecule has 0 saturated carbocycles. The second-order valence-corrected chi connectivity index (χ2v) is 4.89. The highest BCUT2D eigenvalue weighted by atomic mass is 16.2. The van der Waals surface area contributed by atoms with E-state index in [9.17, 15) is 0 Å². The van der Waals surface area contributed by atoms with Gasteiger partial charge in [0.25, 0.3) is 0 Å². The van der Waals surface area contributed by atoms with Crippen LogP contribution >= 0.6 is 0 Å². The van der Waals surface area contributed by atoms with Crippen LogP contribution in [-0.4, -0.2) is 21.3 Å². The molecule has 3 N–H and O–H groups in total. The van der Waals surface area contributed by atoms with Crippen LogP contribution in [0.2, 0.25) is 0 Å². The summed E-state index contributed by atoms with van der Waals surface area (Å²) in [7, 11) is 0. The van der Waals surface area contributed by atoms with Crippen LogP contribution in [-0.2, 0) is 19.5 Å². The molecule has 0 radical (unpaired) electrons. The minimum Gasteiger partial charge on any atom is -0.396 e. The Kier molecular flexibility index (Phi) is 4.93. The maximum absolute atomic E-state index is 8.88. The van der Waals surface area contributed by atoms with Crippen molar-refractivity contribution in [2.45, 2.75) is 45.7 Å². The van der Waals surface area contributed by atoms with Crippen molar-refractivity contribution in [1.82, 2.24) is 9.55 Å². The largest absolute Gasteiger partial charge is 0.396 e. The molecule has 1 aromatic heterocycles. The summed E-state index contributed by atoms with van der Waals surface area (Å²) in [4.78, 5) is 4.74. The monoisotopic (exact) mass is 261 g/mol. The SMILES string of the molecule is CCCn1c(CCCCO)nc2cc(CN)ccc21. The third kappa shape index (κ3) is 3.14. The molecule has 0 saturated heterocycles. The van der Waals surface area contributed by atoms with Gasteiger partial charge in [-0.05, 0) is 37.0 Å². The van der Waals surface area contributed by atoms with Gasteiger partial charge < -0.3 is 15.4 Å². The molecule has 0 atom stereocenters. The molecule has 2 aromatic rings. The minimum atomic E-state index is 0.255. The van der Waals surface area contributed by atoms with E-state index in [-0.39, 0.29) is 6.61 Å². The van der Waals surface area contributed by atoms with Gasteiger partial charge in [0.2, 0.25) is 0 Å². The van der Waals surface area contributed by atoms with Crippen LogP contribution in [0.1, 0.15) is 37.6 Å². The van der Waals surface area contributed by atoms with Gasteiger partial charge in [-0.15, -0.1) is 0 Å². The number of nitrogens with zero attached hydrogens (tertiary/aromatic N) is 2. The van der Waals surface area contributed by atoms with Crippen molar-refractivity contribution in [3.05, 3.63) is 29.6 Å². The highest BCUT2D eigenvalue weighted by molar-refractivity contribution is 5.77. The molecule has 1 aromatic carbocycles. The van der Waals surface area contributed by atoms with Crippen LogP contribution in [0.3, 0.4) is 0 Å². The number of hydrogen-bond donors (Lipinski definition) is 2. The van der Waals surface area contributed by atoms with Gasteiger partial charge in [0.05, 0.1) is 11.0 Å². The Morgan fingerprint density at radius 2 is 2.16 bits per heavy atom. The van der Waals surface area contributed by atoms with E-state index < -0.39 is 0 Å². The van der Waals surface area contributed by atoms with Gasteiger partial charge in [0.15, 0.2) is 0 Å². The van der Waals surface area contributed by atoms with Crippen LogP contribution in [0.25, 0.3) is 11.0 Å². The lowest BCUT2D eigenvalue weighted by Gasteiger charge is -2.07. The van der Waals surface area contributed by atoms with Crippen LogP contribution < -0.4 is 5.73 Å². The summed E-state index contributed by atoms with van der Waals surface area (Å²) in [5.74, 6) is 1.12. The van der Waals surface area contributed by atoms with E-state index in [0.29, 0.717) is 6.54 Å². The van der Waals surface area contributed by atoms with E-state index in [0.717, 1.165) is 49.1 Å². The molecule has 19 heavy (non-hydrogen) atoms. The van der Waals surface area contributed by atoms with Gasteiger partial charge in [-0.25, -0.2) is 4.98 Å². The van der Waals surface area contributed by atoms with Crippen LogP contribution in [0.15, 0.2) is 18.2 Å². The summed E-state index contributed by atoms with van der Waals surface area (Å²) in [6.45, 7) is 3.98. The first kappa shape index (κ1) is 14.0. The number of aryl methyl sites for hydroxylation is 2. The Morgan fingerprint density at radius 3 is 2.84 bits per heavy atom. The number of aliphatic hydroxyl groups excluding tert-OH is 1. The fourth-order valence-corrected chi connectivity index (χ4v) is 2.41. The van der Waals surface area contributed by atoms with Gasteiger partial charge in [-0.3, -0.25) is 0 Å². The molecule has 0 aliphatic heterocycles. The third-order valence-electron chi connectivity index (χ3n) is 3.38. The van der Waals surface area contributed by atoms with Gasteiger partial charge >= 0.3 is 0 Å². The molecule has 2 rings (SSSR count). The highest BCUT2D eigenvalue weighted by Crippen LogP contribution is 2.19.